The molecule has 0 spiro atoms. The predicted octanol–water partition coefficient (Wildman–Crippen LogP) is 0.871. The number of hydrogen-bond acceptors (Lipinski definition) is 4. The Kier molecular flexibility index (Phi) is 5.19. The summed E-state index contributed by atoms with van der Waals surface area (Å²) in [7, 11) is -2.31. The molecule has 0 aliphatic rings. The third kappa shape index (κ3) is 4.55. The van der Waals surface area contributed by atoms with Gasteiger partial charge in [-0.05, 0) is 33.8 Å². The Bertz CT molecular complexity index is 617. The first kappa shape index (κ1) is 17.7. The van der Waals surface area contributed by atoms with E-state index in [0.717, 1.165) is 0 Å². The van der Waals surface area contributed by atoms with Gasteiger partial charge in [0.15, 0.2) is 0 Å². The fourth-order valence-electron chi connectivity index (χ4n) is 1.99. The zero-order valence-electron chi connectivity index (χ0n) is 13.0. The van der Waals surface area contributed by atoms with Gasteiger partial charge >= 0.3 is 0 Å². The number of primary sulfonamides is 1. The van der Waals surface area contributed by atoms with Gasteiger partial charge in [-0.2, -0.15) is 0 Å². The summed E-state index contributed by atoms with van der Waals surface area (Å²) in [5.41, 5.74) is -0.321. The number of nitrogens with one attached hydrogen (secondary N) is 1. The van der Waals surface area contributed by atoms with Crippen LogP contribution in [-0.4, -0.2) is 38.1 Å². The highest BCUT2D eigenvalue weighted by atomic mass is 32.2. The van der Waals surface area contributed by atoms with Crippen LogP contribution >= 0.6 is 0 Å². The normalized spacial score (nSPS) is 12.7. The molecule has 0 aliphatic carbocycles. The van der Waals surface area contributed by atoms with Gasteiger partial charge < -0.3 is 14.6 Å². The molecule has 1 aromatic heterocycles. The number of carbonyl (C=O) groups is 1. The number of nitrogens with zero attached hydrogens (tertiary/aromatic N) is 1. The van der Waals surface area contributed by atoms with Crippen molar-refractivity contribution in [1.82, 2.24) is 9.88 Å². The Balaban J connectivity index is 3.17. The van der Waals surface area contributed by atoms with E-state index in [-0.39, 0.29) is 22.5 Å². The van der Waals surface area contributed by atoms with Crippen molar-refractivity contribution in [3.05, 3.63) is 18.0 Å². The number of nitrogens with two attached hydrogens (primary N) is 1. The highest BCUT2D eigenvalue weighted by Gasteiger charge is 2.25. The maximum atomic E-state index is 12.4. The van der Waals surface area contributed by atoms with Crippen LogP contribution in [0, 0.1) is 0 Å². The number of carbonyl (C=O) groups excluding carboxylic acids is 1. The molecule has 7 nitrogen and oxygen atoms in total. The largest absolute Gasteiger partial charge is 0.382 e. The van der Waals surface area contributed by atoms with Crippen molar-refractivity contribution in [2.75, 3.05) is 13.7 Å². The minimum Gasteiger partial charge on any atom is -0.382 e. The molecule has 0 unspecified atom stereocenters. The molecule has 0 atom stereocenters. The van der Waals surface area contributed by atoms with Crippen molar-refractivity contribution in [2.24, 2.45) is 5.14 Å². The SMILES string of the molecule is COCC(C)(C)NC(=O)c1cc(S(N)(=O)=O)cn1C(C)C. The average molecular weight is 317 g/mol. The van der Waals surface area contributed by atoms with Crippen LogP contribution in [0.5, 0.6) is 0 Å². The smallest absolute Gasteiger partial charge is 0.268 e. The summed E-state index contributed by atoms with van der Waals surface area (Å²) in [5.74, 6) is -0.374. The van der Waals surface area contributed by atoms with Gasteiger partial charge in [0.05, 0.1) is 12.1 Å². The first-order valence-electron chi connectivity index (χ1n) is 6.54. The molecule has 0 saturated carbocycles. The van der Waals surface area contributed by atoms with E-state index in [9.17, 15) is 13.2 Å². The van der Waals surface area contributed by atoms with Gasteiger partial charge in [-0.25, -0.2) is 13.6 Å². The number of aromatic nitrogens is 1. The number of amides is 1. The second-order valence-electron chi connectivity index (χ2n) is 5.88. The number of ether oxygens (including phenoxy) is 1. The summed E-state index contributed by atoms with van der Waals surface area (Å²) in [6, 6.07) is 1.21. The Morgan fingerprint density at radius 3 is 2.48 bits per heavy atom. The molecule has 21 heavy (non-hydrogen) atoms. The summed E-state index contributed by atoms with van der Waals surface area (Å²) in [5, 5.41) is 7.93. The van der Waals surface area contributed by atoms with E-state index in [1.807, 2.05) is 27.7 Å². The standard InChI is InChI=1S/C13H23N3O4S/c1-9(2)16-7-10(21(14,18)19)6-11(16)12(17)15-13(3,4)8-20-5/h6-7,9H,8H2,1-5H3,(H,15,17)(H2,14,18,19). The molecule has 3 N–H and O–H groups in total. The number of hydrogen-bond donors (Lipinski definition) is 2. The summed E-state index contributed by atoms with van der Waals surface area (Å²) < 4.78 is 29.5. The quantitative estimate of drug-likeness (QED) is 0.812. The molecule has 0 saturated heterocycles. The fourth-order valence-corrected chi connectivity index (χ4v) is 2.52. The molecular formula is C13H23N3O4S. The fraction of sp³-hybridized carbons (Fsp3) is 0.615. The van der Waals surface area contributed by atoms with Crippen LogP contribution in [0.2, 0.25) is 0 Å². The van der Waals surface area contributed by atoms with Gasteiger partial charge in [0, 0.05) is 19.3 Å². The van der Waals surface area contributed by atoms with Crippen LogP contribution in [0.4, 0.5) is 0 Å². The molecule has 0 radical (unpaired) electrons. The maximum Gasteiger partial charge on any atom is 0.268 e. The van der Waals surface area contributed by atoms with E-state index in [2.05, 4.69) is 5.32 Å². The monoisotopic (exact) mass is 317 g/mol. The summed E-state index contributed by atoms with van der Waals surface area (Å²) in [6.07, 6.45) is 1.37. The molecular weight excluding hydrogens is 294 g/mol. The second-order valence-corrected chi connectivity index (χ2v) is 7.44. The van der Waals surface area contributed by atoms with Gasteiger partial charge in [0.25, 0.3) is 5.91 Å². The maximum absolute atomic E-state index is 12.4. The molecule has 0 aliphatic heterocycles. The molecule has 1 rings (SSSR count). The van der Waals surface area contributed by atoms with Crippen molar-refractivity contribution < 1.29 is 17.9 Å². The zero-order valence-corrected chi connectivity index (χ0v) is 13.8. The molecule has 0 bridgehead atoms. The van der Waals surface area contributed by atoms with Crippen molar-refractivity contribution >= 4 is 15.9 Å². The highest BCUT2D eigenvalue weighted by molar-refractivity contribution is 7.89. The topological polar surface area (TPSA) is 103 Å². The lowest BCUT2D eigenvalue weighted by molar-refractivity contribution is 0.0810. The van der Waals surface area contributed by atoms with Crippen molar-refractivity contribution in [3.8, 4) is 0 Å². The number of sulfonamides is 1. The Labute approximate surface area is 125 Å². The zero-order chi connectivity index (χ0) is 16.4. The molecule has 120 valence electrons. The lowest BCUT2D eigenvalue weighted by Gasteiger charge is -2.25. The first-order chi connectivity index (χ1) is 9.48. The minimum absolute atomic E-state index is 0.0770. The molecule has 1 amide bonds. The van der Waals surface area contributed by atoms with Crippen LogP contribution in [-0.2, 0) is 14.8 Å². The lowest BCUT2D eigenvalue weighted by Crippen LogP contribution is -2.47. The lowest BCUT2D eigenvalue weighted by atomic mass is 10.1. The van der Waals surface area contributed by atoms with Gasteiger partial charge in [-0.3, -0.25) is 4.79 Å². The predicted molar refractivity (Wildman–Crippen MR) is 79.6 cm³/mol. The first-order valence-corrected chi connectivity index (χ1v) is 8.08. The molecule has 1 aromatic rings. The van der Waals surface area contributed by atoms with Crippen molar-refractivity contribution in [3.63, 3.8) is 0 Å². The van der Waals surface area contributed by atoms with E-state index < -0.39 is 15.6 Å². The molecule has 1 heterocycles. The van der Waals surface area contributed by atoms with Gasteiger partial charge in [0.2, 0.25) is 10.0 Å². The number of rotatable bonds is 6. The van der Waals surface area contributed by atoms with Crippen molar-refractivity contribution in [1.29, 1.82) is 0 Å². The Morgan fingerprint density at radius 2 is 2.05 bits per heavy atom. The average Bonchev–Trinajstić information content (AvgIpc) is 2.72. The van der Waals surface area contributed by atoms with Gasteiger partial charge in [0.1, 0.15) is 10.6 Å². The summed E-state index contributed by atoms with van der Waals surface area (Å²) >= 11 is 0. The third-order valence-corrected chi connectivity index (χ3v) is 3.78. The summed E-state index contributed by atoms with van der Waals surface area (Å²) in [4.78, 5) is 12.3. The van der Waals surface area contributed by atoms with Crippen molar-refractivity contribution in [2.45, 2.75) is 44.2 Å². The third-order valence-electron chi connectivity index (χ3n) is 2.90. The van der Waals surface area contributed by atoms with Gasteiger partial charge in [-0.1, -0.05) is 0 Å². The van der Waals surface area contributed by atoms with Crippen LogP contribution in [0.1, 0.15) is 44.2 Å². The second kappa shape index (κ2) is 6.17. The van der Waals surface area contributed by atoms with Crippen LogP contribution in [0.25, 0.3) is 0 Å². The van der Waals surface area contributed by atoms with E-state index in [1.54, 1.807) is 11.7 Å². The van der Waals surface area contributed by atoms with E-state index in [0.29, 0.717) is 6.61 Å². The van der Waals surface area contributed by atoms with Crippen LogP contribution in [0.15, 0.2) is 17.2 Å². The minimum atomic E-state index is -3.85. The van der Waals surface area contributed by atoms with Crippen LogP contribution in [0.3, 0.4) is 0 Å². The Morgan fingerprint density at radius 1 is 1.48 bits per heavy atom. The molecule has 8 heteroatoms. The van der Waals surface area contributed by atoms with Crippen LogP contribution < -0.4 is 10.5 Å². The van der Waals surface area contributed by atoms with E-state index in [4.69, 9.17) is 9.88 Å². The highest BCUT2D eigenvalue weighted by Crippen LogP contribution is 2.19. The summed E-state index contributed by atoms with van der Waals surface area (Å²) in [6.45, 7) is 7.67. The van der Waals surface area contributed by atoms with Gasteiger partial charge in [-0.15, -0.1) is 0 Å². The molecule has 0 aromatic carbocycles. The molecule has 0 fully saturated rings. The van der Waals surface area contributed by atoms with E-state index in [1.165, 1.54) is 12.3 Å². The van der Waals surface area contributed by atoms with E-state index >= 15 is 0 Å². The number of methoxy groups -OCH3 is 1. The Hall–Kier alpha value is -1.38.